The SMILES string of the molecule is CC(C)(C)OC(=O)NC1CN(C(=O)OCc2ccccc2)CCC1OS(C)(=O)=O. The zero-order valence-corrected chi connectivity index (χ0v) is 17.9. The van der Waals surface area contributed by atoms with Gasteiger partial charge < -0.3 is 19.7 Å². The Kier molecular flexibility index (Phi) is 7.48. The molecule has 0 spiro atoms. The quantitative estimate of drug-likeness (QED) is 0.716. The van der Waals surface area contributed by atoms with Gasteiger partial charge >= 0.3 is 12.2 Å². The van der Waals surface area contributed by atoms with Crippen molar-refractivity contribution in [2.45, 2.75) is 51.5 Å². The molecule has 2 atom stereocenters. The van der Waals surface area contributed by atoms with E-state index in [1.807, 2.05) is 30.3 Å². The first-order chi connectivity index (χ1) is 13.4. The molecule has 10 heteroatoms. The van der Waals surface area contributed by atoms with E-state index in [4.69, 9.17) is 13.7 Å². The second-order valence-electron chi connectivity index (χ2n) is 7.87. The minimum absolute atomic E-state index is 0.0348. The maximum Gasteiger partial charge on any atom is 0.410 e. The zero-order valence-electron chi connectivity index (χ0n) is 17.1. The van der Waals surface area contributed by atoms with Crippen LogP contribution in [0, 0.1) is 0 Å². The number of amides is 2. The van der Waals surface area contributed by atoms with Gasteiger partial charge in [0.25, 0.3) is 10.1 Å². The number of likely N-dealkylation sites (tertiary alicyclic amines) is 1. The van der Waals surface area contributed by atoms with Crippen LogP contribution in [0.5, 0.6) is 0 Å². The normalized spacial score (nSPS) is 20.1. The Balaban J connectivity index is 2.01. The molecule has 1 aromatic carbocycles. The Bertz CT molecular complexity index is 806. The summed E-state index contributed by atoms with van der Waals surface area (Å²) in [6, 6.07) is 8.47. The number of carbonyl (C=O) groups is 2. The monoisotopic (exact) mass is 428 g/mol. The minimum atomic E-state index is -3.74. The number of carbonyl (C=O) groups excluding carboxylic acids is 2. The van der Waals surface area contributed by atoms with E-state index in [1.54, 1.807) is 20.8 Å². The van der Waals surface area contributed by atoms with Crippen LogP contribution in [0.4, 0.5) is 9.59 Å². The van der Waals surface area contributed by atoms with Gasteiger partial charge in [-0.1, -0.05) is 30.3 Å². The Hall–Kier alpha value is -2.33. The van der Waals surface area contributed by atoms with Gasteiger partial charge in [-0.15, -0.1) is 0 Å². The summed E-state index contributed by atoms with van der Waals surface area (Å²) in [5.41, 5.74) is 0.125. The third-order valence-electron chi connectivity index (χ3n) is 4.01. The third-order valence-corrected chi connectivity index (χ3v) is 4.61. The van der Waals surface area contributed by atoms with E-state index in [9.17, 15) is 18.0 Å². The molecule has 1 saturated heterocycles. The van der Waals surface area contributed by atoms with E-state index < -0.39 is 40.1 Å². The van der Waals surface area contributed by atoms with E-state index >= 15 is 0 Å². The first kappa shape index (κ1) is 23.0. The number of ether oxygens (including phenoxy) is 2. The van der Waals surface area contributed by atoms with Gasteiger partial charge in [0.1, 0.15) is 18.3 Å². The summed E-state index contributed by atoms with van der Waals surface area (Å²) < 4.78 is 38.8. The molecule has 2 unspecified atom stereocenters. The first-order valence-corrected chi connectivity index (χ1v) is 11.1. The highest BCUT2D eigenvalue weighted by Crippen LogP contribution is 2.19. The molecule has 1 heterocycles. The minimum Gasteiger partial charge on any atom is -0.445 e. The third kappa shape index (κ3) is 8.28. The summed E-state index contributed by atoms with van der Waals surface area (Å²) in [7, 11) is -3.74. The second-order valence-corrected chi connectivity index (χ2v) is 9.47. The zero-order chi connectivity index (χ0) is 21.7. The lowest BCUT2D eigenvalue weighted by Gasteiger charge is -2.37. The summed E-state index contributed by atoms with van der Waals surface area (Å²) in [4.78, 5) is 26.0. The molecule has 1 N–H and O–H groups in total. The van der Waals surface area contributed by atoms with Gasteiger partial charge in [0.05, 0.1) is 12.3 Å². The molecule has 1 aromatic rings. The largest absolute Gasteiger partial charge is 0.445 e. The Morgan fingerprint density at radius 1 is 1.21 bits per heavy atom. The highest BCUT2D eigenvalue weighted by atomic mass is 32.2. The molecule has 162 valence electrons. The fourth-order valence-corrected chi connectivity index (χ4v) is 3.52. The number of piperidine rings is 1. The molecule has 1 aliphatic rings. The van der Waals surface area contributed by atoms with Crippen LogP contribution in [0.2, 0.25) is 0 Å². The second kappa shape index (κ2) is 9.45. The van der Waals surface area contributed by atoms with Crippen molar-refractivity contribution in [3.8, 4) is 0 Å². The number of nitrogens with zero attached hydrogens (tertiary/aromatic N) is 1. The Labute approximate surface area is 171 Å². The molecular formula is C19H28N2O7S. The molecule has 2 rings (SSSR count). The first-order valence-electron chi connectivity index (χ1n) is 9.26. The number of benzene rings is 1. The molecule has 0 radical (unpaired) electrons. The van der Waals surface area contributed by atoms with Crippen LogP contribution in [0.15, 0.2) is 30.3 Å². The number of hydrogen-bond donors (Lipinski definition) is 1. The molecule has 29 heavy (non-hydrogen) atoms. The van der Waals surface area contributed by atoms with Crippen molar-refractivity contribution in [3.63, 3.8) is 0 Å². The van der Waals surface area contributed by atoms with E-state index in [-0.39, 0.29) is 26.1 Å². The summed E-state index contributed by atoms with van der Waals surface area (Å²) in [6.45, 7) is 5.53. The maximum atomic E-state index is 12.4. The smallest absolute Gasteiger partial charge is 0.410 e. The molecule has 9 nitrogen and oxygen atoms in total. The van der Waals surface area contributed by atoms with Crippen LogP contribution in [-0.4, -0.2) is 62.6 Å². The maximum absolute atomic E-state index is 12.4. The average Bonchev–Trinajstić information content (AvgIpc) is 2.59. The van der Waals surface area contributed by atoms with Crippen molar-refractivity contribution in [2.75, 3.05) is 19.3 Å². The van der Waals surface area contributed by atoms with Crippen molar-refractivity contribution >= 4 is 22.3 Å². The molecule has 0 bridgehead atoms. The van der Waals surface area contributed by atoms with Gasteiger partial charge in [0.2, 0.25) is 0 Å². The van der Waals surface area contributed by atoms with E-state index in [0.717, 1.165) is 11.8 Å². The van der Waals surface area contributed by atoms with Gasteiger partial charge in [-0.05, 0) is 32.8 Å². The van der Waals surface area contributed by atoms with Crippen molar-refractivity contribution < 1.29 is 31.7 Å². The lowest BCUT2D eigenvalue weighted by atomic mass is 10.0. The molecule has 0 aromatic heterocycles. The fourth-order valence-electron chi connectivity index (χ4n) is 2.84. The highest BCUT2D eigenvalue weighted by Gasteiger charge is 2.36. The predicted octanol–water partition coefficient (Wildman–Crippen LogP) is 2.27. The number of nitrogens with one attached hydrogen (secondary N) is 1. The molecule has 2 amide bonds. The van der Waals surface area contributed by atoms with Gasteiger partial charge in [-0.25, -0.2) is 9.59 Å². The lowest BCUT2D eigenvalue weighted by molar-refractivity contribution is 0.0263. The topological polar surface area (TPSA) is 111 Å². The standard InChI is InChI=1S/C19H28N2O7S/c1-19(2,3)27-17(22)20-15-12-21(11-10-16(15)28-29(4,24)25)18(23)26-13-14-8-6-5-7-9-14/h5-9,15-16H,10-13H2,1-4H3,(H,20,22). The number of hydrogen-bond acceptors (Lipinski definition) is 7. The van der Waals surface area contributed by atoms with Crippen molar-refractivity contribution in [1.82, 2.24) is 10.2 Å². The Morgan fingerprint density at radius 2 is 1.86 bits per heavy atom. The molecule has 0 aliphatic carbocycles. The average molecular weight is 429 g/mol. The van der Waals surface area contributed by atoms with Crippen molar-refractivity contribution in [3.05, 3.63) is 35.9 Å². The van der Waals surface area contributed by atoms with Gasteiger partial charge in [-0.3, -0.25) is 4.18 Å². The summed E-state index contributed by atoms with van der Waals surface area (Å²) in [5.74, 6) is 0. The van der Waals surface area contributed by atoms with Crippen LogP contribution < -0.4 is 5.32 Å². The molecule has 1 aliphatic heterocycles. The van der Waals surface area contributed by atoms with Crippen molar-refractivity contribution in [2.24, 2.45) is 0 Å². The van der Waals surface area contributed by atoms with E-state index in [2.05, 4.69) is 5.32 Å². The van der Waals surface area contributed by atoms with Crippen LogP contribution in [0.3, 0.4) is 0 Å². The number of rotatable bonds is 5. The van der Waals surface area contributed by atoms with Crippen LogP contribution >= 0.6 is 0 Å². The fraction of sp³-hybridized carbons (Fsp3) is 0.579. The lowest BCUT2D eigenvalue weighted by Crippen LogP contribution is -2.58. The molecule has 1 fully saturated rings. The predicted molar refractivity (Wildman–Crippen MR) is 106 cm³/mol. The highest BCUT2D eigenvalue weighted by molar-refractivity contribution is 7.86. The van der Waals surface area contributed by atoms with E-state index in [0.29, 0.717) is 0 Å². The van der Waals surface area contributed by atoms with Crippen LogP contribution in [0.1, 0.15) is 32.8 Å². The molecule has 0 saturated carbocycles. The molecular weight excluding hydrogens is 400 g/mol. The van der Waals surface area contributed by atoms with Gasteiger partial charge in [-0.2, -0.15) is 8.42 Å². The van der Waals surface area contributed by atoms with Gasteiger partial charge in [0, 0.05) is 13.1 Å². The summed E-state index contributed by atoms with van der Waals surface area (Å²) in [5, 5.41) is 2.61. The van der Waals surface area contributed by atoms with Crippen molar-refractivity contribution in [1.29, 1.82) is 0 Å². The van der Waals surface area contributed by atoms with Crippen LogP contribution in [0.25, 0.3) is 0 Å². The Morgan fingerprint density at radius 3 is 2.45 bits per heavy atom. The summed E-state index contributed by atoms with van der Waals surface area (Å²) in [6.07, 6.45) is -0.922. The van der Waals surface area contributed by atoms with E-state index in [1.165, 1.54) is 4.90 Å². The summed E-state index contributed by atoms with van der Waals surface area (Å²) >= 11 is 0. The number of alkyl carbamates (subject to hydrolysis) is 1. The van der Waals surface area contributed by atoms with Crippen LogP contribution in [-0.2, 0) is 30.4 Å². The van der Waals surface area contributed by atoms with Gasteiger partial charge in [0.15, 0.2) is 0 Å².